The number of aromatic hydroxyl groups is 2. The summed E-state index contributed by atoms with van der Waals surface area (Å²) in [6.07, 6.45) is 0. The number of rotatable bonds is 4. The number of hydrogen-bond acceptors (Lipinski definition) is 6. The van der Waals surface area contributed by atoms with Crippen LogP contribution in [-0.2, 0) is 0 Å². The summed E-state index contributed by atoms with van der Waals surface area (Å²) in [4.78, 5) is 25.9. The van der Waals surface area contributed by atoms with E-state index in [1.165, 1.54) is 12.1 Å². The van der Waals surface area contributed by atoms with Crippen LogP contribution >= 0.6 is 0 Å². The Morgan fingerprint density at radius 2 is 1.08 bits per heavy atom. The number of hydrogen-bond donors (Lipinski definition) is 4. The van der Waals surface area contributed by atoms with Crippen molar-refractivity contribution >= 4 is 22.9 Å². The molecule has 4 N–H and O–H groups in total. The third kappa shape index (κ3) is 2.19. The van der Waals surface area contributed by atoms with Gasteiger partial charge < -0.3 is 20.8 Å². The van der Waals surface area contributed by atoms with Crippen molar-refractivity contribution in [3.05, 3.63) is 60.4 Å². The third-order valence-corrected chi connectivity index (χ3v) is 3.91. The maximum Gasteiger partial charge on any atom is 0.200 e. The molecule has 122 valence electrons. The predicted molar refractivity (Wildman–Crippen MR) is 90.8 cm³/mol. The summed E-state index contributed by atoms with van der Waals surface area (Å²) >= 11 is 0. The second-order valence-corrected chi connectivity index (χ2v) is 5.28. The van der Waals surface area contributed by atoms with Crippen LogP contribution < -0.4 is 10.6 Å². The maximum atomic E-state index is 13.0. The van der Waals surface area contributed by atoms with Crippen LogP contribution in [0.3, 0.4) is 0 Å². The number of benzene rings is 2. The molecule has 1 aliphatic rings. The van der Waals surface area contributed by atoms with Gasteiger partial charge in [0.25, 0.3) is 0 Å². The Morgan fingerprint density at radius 1 is 0.708 bits per heavy atom. The van der Waals surface area contributed by atoms with Crippen LogP contribution in [0, 0.1) is 13.8 Å². The monoisotopic (exact) mass is 324 g/mol. The van der Waals surface area contributed by atoms with E-state index in [1.807, 2.05) is 0 Å². The van der Waals surface area contributed by atoms with Gasteiger partial charge in [0.1, 0.15) is 11.5 Å². The first-order valence-corrected chi connectivity index (χ1v) is 7.38. The Morgan fingerprint density at radius 3 is 1.42 bits per heavy atom. The van der Waals surface area contributed by atoms with E-state index in [0.29, 0.717) is 24.5 Å². The number of carbonyl (C=O) groups excluding carboxylic acids is 2. The van der Waals surface area contributed by atoms with Crippen molar-refractivity contribution in [2.75, 3.05) is 23.7 Å². The Kier molecular flexibility index (Phi) is 3.89. The van der Waals surface area contributed by atoms with Crippen molar-refractivity contribution in [1.82, 2.24) is 0 Å². The summed E-state index contributed by atoms with van der Waals surface area (Å²) in [7, 11) is 0. The largest absolute Gasteiger partial charge is 0.507 e. The highest BCUT2D eigenvalue weighted by Crippen LogP contribution is 2.42. The van der Waals surface area contributed by atoms with Crippen molar-refractivity contribution in [2.24, 2.45) is 0 Å². The molecule has 0 saturated carbocycles. The first-order valence-electron chi connectivity index (χ1n) is 7.38. The van der Waals surface area contributed by atoms with Crippen molar-refractivity contribution in [3.8, 4) is 11.5 Å². The molecule has 0 unspecified atom stereocenters. The maximum absolute atomic E-state index is 13.0. The highest BCUT2D eigenvalue weighted by Gasteiger charge is 2.37. The van der Waals surface area contributed by atoms with Crippen molar-refractivity contribution in [2.45, 2.75) is 0 Å². The van der Waals surface area contributed by atoms with Gasteiger partial charge in [0.2, 0.25) is 11.6 Å². The molecule has 2 aromatic rings. The number of phenolic OH excluding ortho intramolecular Hbond substituents is 2. The van der Waals surface area contributed by atoms with E-state index in [-0.39, 0.29) is 33.8 Å². The third-order valence-electron chi connectivity index (χ3n) is 3.91. The molecule has 3 rings (SSSR count). The minimum absolute atomic E-state index is 0.149. The standard InChI is InChI=1S/C18H16N2O4/c1-3-19-9-5-6-10(20-4-2)14-13(9)17(23)15-11(21)7-8-12(22)16(15)18(14)24/h5-8,19-22H,1-4H2. The number of ketones is 2. The normalized spacial score (nSPS) is 12.6. The molecule has 24 heavy (non-hydrogen) atoms. The topological polar surface area (TPSA) is 98.7 Å². The summed E-state index contributed by atoms with van der Waals surface area (Å²) in [6, 6.07) is 5.71. The van der Waals surface area contributed by atoms with Gasteiger partial charge in [-0.1, -0.05) is 0 Å². The molecule has 2 radical (unpaired) electrons. The Labute approximate surface area is 139 Å². The van der Waals surface area contributed by atoms with Gasteiger partial charge in [0.15, 0.2) is 0 Å². The van der Waals surface area contributed by atoms with E-state index in [9.17, 15) is 19.8 Å². The summed E-state index contributed by atoms with van der Waals surface area (Å²) in [5.41, 5.74) is 0.812. The average molecular weight is 324 g/mol. The molecule has 2 aromatic carbocycles. The fourth-order valence-corrected chi connectivity index (χ4v) is 2.93. The zero-order valence-electron chi connectivity index (χ0n) is 12.8. The average Bonchev–Trinajstić information content (AvgIpc) is 2.56. The second kappa shape index (κ2) is 5.88. The first-order chi connectivity index (χ1) is 11.5. The molecule has 0 bridgehead atoms. The molecule has 0 fully saturated rings. The van der Waals surface area contributed by atoms with Crippen LogP contribution in [0.5, 0.6) is 11.5 Å². The summed E-state index contributed by atoms with van der Waals surface area (Å²) in [5.74, 6) is -1.75. The molecule has 6 nitrogen and oxygen atoms in total. The molecule has 0 amide bonds. The highest BCUT2D eigenvalue weighted by atomic mass is 16.3. The fraction of sp³-hybridized carbons (Fsp3) is 0.111. The van der Waals surface area contributed by atoms with Gasteiger partial charge in [0, 0.05) is 24.5 Å². The number of fused-ring (bicyclic) bond motifs is 2. The summed E-state index contributed by atoms with van der Waals surface area (Å²) in [5, 5.41) is 26.0. The minimum atomic E-state index is -0.531. The van der Waals surface area contributed by atoms with Crippen LogP contribution in [0.2, 0.25) is 0 Å². The van der Waals surface area contributed by atoms with Crippen LogP contribution in [-0.4, -0.2) is 34.9 Å². The lowest BCUT2D eigenvalue weighted by Crippen LogP contribution is -2.24. The lowest BCUT2D eigenvalue weighted by Gasteiger charge is -2.24. The van der Waals surface area contributed by atoms with Gasteiger partial charge in [0.05, 0.1) is 22.3 Å². The predicted octanol–water partition coefficient (Wildman–Crippen LogP) is 2.37. The zero-order chi connectivity index (χ0) is 17.4. The van der Waals surface area contributed by atoms with Crippen LogP contribution in [0.1, 0.15) is 31.8 Å². The van der Waals surface area contributed by atoms with Gasteiger partial charge >= 0.3 is 0 Å². The molecule has 0 spiro atoms. The Hall–Kier alpha value is -3.02. The van der Waals surface area contributed by atoms with E-state index in [2.05, 4.69) is 24.5 Å². The molecule has 0 heterocycles. The fourth-order valence-electron chi connectivity index (χ4n) is 2.93. The van der Waals surface area contributed by atoms with Gasteiger partial charge in [-0.2, -0.15) is 0 Å². The lowest BCUT2D eigenvalue weighted by atomic mass is 9.81. The smallest absolute Gasteiger partial charge is 0.200 e. The molecule has 0 atom stereocenters. The van der Waals surface area contributed by atoms with Crippen LogP contribution in [0.15, 0.2) is 24.3 Å². The Balaban J connectivity index is 2.36. The van der Waals surface area contributed by atoms with Crippen LogP contribution in [0.4, 0.5) is 11.4 Å². The molecule has 0 saturated heterocycles. The van der Waals surface area contributed by atoms with Crippen molar-refractivity contribution < 1.29 is 19.8 Å². The lowest BCUT2D eigenvalue weighted by molar-refractivity contribution is 0.0975. The van der Waals surface area contributed by atoms with E-state index in [1.54, 1.807) is 12.1 Å². The molecule has 0 aromatic heterocycles. The molecule has 6 heteroatoms. The molecular formula is C18H16N2O4. The number of nitrogens with one attached hydrogen (secondary N) is 2. The number of anilines is 2. The van der Waals surface area contributed by atoms with Gasteiger partial charge in [-0.05, 0) is 38.1 Å². The summed E-state index contributed by atoms with van der Waals surface area (Å²) < 4.78 is 0. The second-order valence-electron chi connectivity index (χ2n) is 5.28. The van der Waals surface area contributed by atoms with Crippen molar-refractivity contribution in [1.29, 1.82) is 0 Å². The molecule has 1 aliphatic carbocycles. The van der Waals surface area contributed by atoms with E-state index in [4.69, 9.17) is 0 Å². The highest BCUT2D eigenvalue weighted by molar-refractivity contribution is 6.33. The van der Waals surface area contributed by atoms with Crippen LogP contribution in [0.25, 0.3) is 0 Å². The SMILES string of the molecule is [CH2]CNc1ccc(NC[CH2])c2c1C(=O)c1c(O)ccc(O)c1C2=O. The van der Waals surface area contributed by atoms with E-state index >= 15 is 0 Å². The van der Waals surface area contributed by atoms with E-state index in [0.717, 1.165) is 0 Å². The molecular weight excluding hydrogens is 308 g/mol. The number of carbonyl (C=O) groups is 2. The van der Waals surface area contributed by atoms with Gasteiger partial charge in [-0.3, -0.25) is 9.59 Å². The van der Waals surface area contributed by atoms with E-state index < -0.39 is 11.6 Å². The van der Waals surface area contributed by atoms with Gasteiger partial charge in [-0.25, -0.2) is 0 Å². The zero-order valence-corrected chi connectivity index (χ0v) is 12.8. The molecule has 0 aliphatic heterocycles. The number of phenols is 2. The van der Waals surface area contributed by atoms with Gasteiger partial charge in [-0.15, -0.1) is 0 Å². The summed E-state index contributed by atoms with van der Waals surface area (Å²) in [6.45, 7) is 8.00. The first kappa shape index (κ1) is 15.9. The minimum Gasteiger partial charge on any atom is -0.507 e. The Bertz CT molecular complexity index is 789. The quantitative estimate of drug-likeness (QED) is 0.550. The van der Waals surface area contributed by atoms with Crippen molar-refractivity contribution in [3.63, 3.8) is 0 Å².